The van der Waals surface area contributed by atoms with Crippen LogP contribution in [0.2, 0.25) is 0 Å². The zero-order chi connectivity index (χ0) is 13.7. The van der Waals surface area contributed by atoms with Crippen LogP contribution in [-0.2, 0) is 0 Å². The lowest BCUT2D eigenvalue weighted by Gasteiger charge is -2.16. The summed E-state index contributed by atoms with van der Waals surface area (Å²) in [4.78, 5) is 20.6. The quantitative estimate of drug-likeness (QED) is 0.853. The van der Waals surface area contributed by atoms with Crippen LogP contribution in [-0.4, -0.2) is 33.6 Å². The minimum atomic E-state index is -0.175. The van der Waals surface area contributed by atoms with Crippen LogP contribution >= 0.6 is 0 Å². The van der Waals surface area contributed by atoms with Gasteiger partial charge in [-0.2, -0.15) is 0 Å². The fourth-order valence-corrected chi connectivity index (χ4v) is 1.97. The van der Waals surface area contributed by atoms with Crippen molar-refractivity contribution in [3.05, 3.63) is 36.2 Å². The molecule has 0 fully saturated rings. The Kier molecular flexibility index (Phi) is 4.41. The number of carbonyl (C=O) groups is 1. The molecule has 19 heavy (non-hydrogen) atoms. The summed E-state index contributed by atoms with van der Waals surface area (Å²) in [7, 11) is 0. The first-order valence-corrected chi connectivity index (χ1v) is 6.37. The van der Waals surface area contributed by atoms with Gasteiger partial charge in [0.15, 0.2) is 0 Å². The number of carbonyl (C=O) groups excluding carboxylic acids is 1. The van der Waals surface area contributed by atoms with Crippen molar-refractivity contribution in [2.75, 3.05) is 6.61 Å². The highest BCUT2D eigenvalue weighted by molar-refractivity contribution is 6.04. The Labute approximate surface area is 111 Å². The van der Waals surface area contributed by atoms with Crippen molar-refractivity contribution < 1.29 is 9.90 Å². The second kappa shape index (κ2) is 6.24. The van der Waals surface area contributed by atoms with E-state index in [0.717, 1.165) is 6.42 Å². The van der Waals surface area contributed by atoms with E-state index < -0.39 is 0 Å². The van der Waals surface area contributed by atoms with Crippen LogP contribution in [0.3, 0.4) is 0 Å². The molecule has 1 unspecified atom stereocenters. The first-order chi connectivity index (χ1) is 9.26. The number of aliphatic hydroxyl groups excluding tert-OH is 1. The fraction of sp³-hybridized carbons (Fsp3) is 0.357. The number of hydrogen-bond donors (Lipinski definition) is 2. The Morgan fingerprint density at radius 2 is 2.16 bits per heavy atom. The Morgan fingerprint density at radius 3 is 2.89 bits per heavy atom. The van der Waals surface area contributed by atoms with Crippen LogP contribution in [0.15, 0.2) is 30.6 Å². The second-order valence-electron chi connectivity index (χ2n) is 4.32. The maximum absolute atomic E-state index is 12.2. The molecular formula is C14H17N3O2. The highest BCUT2D eigenvalue weighted by atomic mass is 16.3. The lowest BCUT2D eigenvalue weighted by atomic mass is 10.1. The number of aromatic nitrogens is 2. The van der Waals surface area contributed by atoms with Crippen molar-refractivity contribution in [2.45, 2.75) is 25.8 Å². The number of para-hydroxylation sites is 1. The van der Waals surface area contributed by atoms with Crippen LogP contribution in [0.25, 0.3) is 11.0 Å². The summed E-state index contributed by atoms with van der Waals surface area (Å²) in [5, 5.41) is 11.9. The molecule has 1 heterocycles. The standard InChI is InChI=1S/C14H17N3O2/c1-2-10(6-9-18)17-14(19)11-4-3-5-12-13(11)16-8-7-15-12/h3-5,7-8,10,18H,2,6,9H2,1H3,(H,17,19). The molecule has 2 N–H and O–H groups in total. The fourth-order valence-electron chi connectivity index (χ4n) is 1.97. The maximum atomic E-state index is 12.2. The first kappa shape index (κ1) is 13.4. The van der Waals surface area contributed by atoms with E-state index >= 15 is 0 Å². The number of hydrogen-bond acceptors (Lipinski definition) is 4. The van der Waals surface area contributed by atoms with Gasteiger partial charge >= 0.3 is 0 Å². The Balaban J connectivity index is 2.26. The van der Waals surface area contributed by atoms with Crippen molar-refractivity contribution >= 4 is 16.9 Å². The van der Waals surface area contributed by atoms with Crippen molar-refractivity contribution in [3.8, 4) is 0 Å². The zero-order valence-electron chi connectivity index (χ0n) is 10.8. The summed E-state index contributed by atoms with van der Waals surface area (Å²) in [6.07, 6.45) is 4.51. The highest BCUT2D eigenvalue weighted by Gasteiger charge is 2.14. The molecule has 5 nitrogen and oxygen atoms in total. The summed E-state index contributed by atoms with van der Waals surface area (Å²) in [5.41, 5.74) is 1.81. The number of fused-ring (bicyclic) bond motifs is 1. The molecule has 0 saturated carbocycles. The summed E-state index contributed by atoms with van der Waals surface area (Å²) in [5.74, 6) is -0.175. The molecule has 1 atom stereocenters. The number of amides is 1. The molecule has 1 amide bonds. The zero-order valence-corrected chi connectivity index (χ0v) is 10.8. The lowest BCUT2D eigenvalue weighted by molar-refractivity contribution is 0.0930. The predicted molar refractivity (Wildman–Crippen MR) is 72.8 cm³/mol. The molecule has 0 bridgehead atoms. The van der Waals surface area contributed by atoms with E-state index in [9.17, 15) is 4.79 Å². The van der Waals surface area contributed by atoms with Gasteiger partial charge in [-0.15, -0.1) is 0 Å². The average molecular weight is 259 g/mol. The van der Waals surface area contributed by atoms with Crippen LogP contribution in [0.4, 0.5) is 0 Å². The predicted octanol–water partition coefficient (Wildman–Crippen LogP) is 1.52. The van der Waals surface area contributed by atoms with Gasteiger partial charge in [0.1, 0.15) is 5.52 Å². The van der Waals surface area contributed by atoms with Crippen LogP contribution in [0.1, 0.15) is 30.1 Å². The summed E-state index contributed by atoms with van der Waals surface area (Å²) in [6, 6.07) is 5.32. The van der Waals surface area contributed by atoms with Gasteiger partial charge in [0.2, 0.25) is 0 Å². The van der Waals surface area contributed by atoms with Gasteiger partial charge in [0.25, 0.3) is 5.91 Å². The van der Waals surface area contributed by atoms with Gasteiger partial charge in [0.05, 0.1) is 11.1 Å². The van der Waals surface area contributed by atoms with E-state index in [4.69, 9.17) is 5.11 Å². The molecule has 0 aliphatic heterocycles. The SMILES string of the molecule is CCC(CCO)NC(=O)c1cccc2nccnc12. The minimum Gasteiger partial charge on any atom is -0.396 e. The monoisotopic (exact) mass is 259 g/mol. The van der Waals surface area contributed by atoms with Gasteiger partial charge in [0, 0.05) is 25.0 Å². The Bertz CT molecular complexity index is 566. The molecule has 5 heteroatoms. The minimum absolute atomic E-state index is 0.0237. The van der Waals surface area contributed by atoms with Gasteiger partial charge in [-0.1, -0.05) is 13.0 Å². The molecule has 1 aromatic heterocycles. The van der Waals surface area contributed by atoms with Crippen LogP contribution in [0, 0.1) is 0 Å². The van der Waals surface area contributed by atoms with Crippen LogP contribution < -0.4 is 5.32 Å². The second-order valence-corrected chi connectivity index (χ2v) is 4.32. The van der Waals surface area contributed by atoms with Crippen molar-refractivity contribution in [2.24, 2.45) is 0 Å². The maximum Gasteiger partial charge on any atom is 0.253 e. The summed E-state index contributed by atoms with van der Waals surface area (Å²) >= 11 is 0. The molecule has 0 spiro atoms. The largest absolute Gasteiger partial charge is 0.396 e. The molecule has 0 saturated heterocycles. The summed E-state index contributed by atoms with van der Waals surface area (Å²) in [6.45, 7) is 2.04. The summed E-state index contributed by atoms with van der Waals surface area (Å²) < 4.78 is 0. The third-order valence-corrected chi connectivity index (χ3v) is 3.05. The van der Waals surface area contributed by atoms with E-state index in [1.54, 1.807) is 24.5 Å². The van der Waals surface area contributed by atoms with E-state index in [1.807, 2.05) is 13.0 Å². The molecule has 100 valence electrons. The third kappa shape index (κ3) is 3.06. The number of benzene rings is 1. The molecule has 0 aliphatic rings. The van der Waals surface area contributed by atoms with E-state index in [0.29, 0.717) is 23.0 Å². The van der Waals surface area contributed by atoms with Gasteiger partial charge in [-0.05, 0) is 25.0 Å². The highest BCUT2D eigenvalue weighted by Crippen LogP contribution is 2.14. The molecule has 0 radical (unpaired) electrons. The Hall–Kier alpha value is -2.01. The van der Waals surface area contributed by atoms with E-state index in [2.05, 4.69) is 15.3 Å². The number of nitrogens with zero attached hydrogens (tertiary/aromatic N) is 2. The number of rotatable bonds is 5. The van der Waals surface area contributed by atoms with Crippen molar-refractivity contribution in [3.63, 3.8) is 0 Å². The van der Waals surface area contributed by atoms with E-state index in [1.165, 1.54) is 0 Å². The molecule has 0 aliphatic carbocycles. The van der Waals surface area contributed by atoms with Crippen molar-refractivity contribution in [1.29, 1.82) is 0 Å². The van der Waals surface area contributed by atoms with Gasteiger partial charge < -0.3 is 10.4 Å². The first-order valence-electron chi connectivity index (χ1n) is 6.37. The van der Waals surface area contributed by atoms with Crippen molar-refractivity contribution in [1.82, 2.24) is 15.3 Å². The lowest BCUT2D eigenvalue weighted by Crippen LogP contribution is -2.35. The molecule has 1 aromatic carbocycles. The van der Waals surface area contributed by atoms with Crippen LogP contribution in [0.5, 0.6) is 0 Å². The molecular weight excluding hydrogens is 242 g/mol. The smallest absolute Gasteiger partial charge is 0.253 e. The number of nitrogens with one attached hydrogen (secondary N) is 1. The van der Waals surface area contributed by atoms with Gasteiger partial charge in [-0.3, -0.25) is 14.8 Å². The normalized spacial score (nSPS) is 12.3. The Morgan fingerprint density at radius 1 is 1.37 bits per heavy atom. The third-order valence-electron chi connectivity index (χ3n) is 3.05. The van der Waals surface area contributed by atoms with Gasteiger partial charge in [-0.25, -0.2) is 0 Å². The molecule has 2 aromatic rings. The topological polar surface area (TPSA) is 75.1 Å². The van der Waals surface area contributed by atoms with E-state index in [-0.39, 0.29) is 18.6 Å². The molecule has 2 rings (SSSR count). The average Bonchev–Trinajstić information content (AvgIpc) is 2.46. The number of aliphatic hydroxyl groups is 1.